The summed E-state index contributed by atoms with van der Waals surface area (Å²) in [4.78, 5) is 0. The second kappa shape index (κ2) is 16.5. The first kappa shape index (κ1) is 39.7. The van der Waals surface area contributed by atoms with Gasteiger partial charge in [-0.15, -0.1) is 0 Å². The molecule has 0 saturated carbocycles. The molecule has 204 valence electrons. The van der Waals surface area contributed by atoms with Crippen LogP contribution in [0.1, 0.15) is 0 Å². The zero-order valence-corrected chi connectivity index (χ0v) is 38.8. The van der Waals surface area contributed by atoms with Gasteiger partial charge in [0.1, 0.15) is 0 Å². The van der Waals surface area contributed by atoms with Crippen molar-refractivity contribution in [3.05, 3.63) is 0 Å². The summed E-state index contributed by atoms with van der Waals surface area (Å²) in [6.07, 6.45) is 0. The van der Waals surface area contributed by atoms with E-state index in [1.54, 1.807) is 0 Å². The lowest BCUT2D eigenvalue weighted by Crippen LogP contribution is -2.64. The van der Waals surface area contributed by atoms with Crippen molar-refractivity contribution in [2.75, 3.05) is 0 Å². The molecule has 0 saturated heterocycles. The first-order valence-electron chi connectivity index (χ1n) is 10.2. The second-order valence-electron chi connectivity index (χ2n) is 8.31. The molecule has 0 bridgehead atoms. The van der Waals surface area contributed by atoms with Crippen LogP contribution in [0.4, 0.5) is 0 Å². The zero-order chi connectivity index (χ0) is 31.3. The van der Waals surface area contributed by atoms with E-state index in [9.17, 15) is 71.4 Å². The Kier molecular flexibility index (Phi) is 16.8. The van der Waals surface area contributed by atoms with Crippen LogP contribution in [0.15, 0.2) is 0 Å². The SMILES string of the molecule is C[Si](=O)[Si](=O)[Si](=O)[Si](=O)[Si](=O)[Si](=O)[Si](=O)[Si](=O)[Si](C)(C)[Si](=O)[Si](=O)[Si](=O)[Si](=O)[Si](=O)[Si](=O)[Si](=O)[Si](=O)[SiH](C)C. The standard InChI is InChI=1S/C5H16O16Si18/c1-22(2)24(7)26(9)28(11)30(13)32(15)34(17)36(19)38(21)39(4,5)37(20)35(18)33(16)31(14)29(12)27(10)25(8)23(3)6/h22H,1-5H3. The van der Waals surface area contributed by atoms with Gasteiger partial charge in [0.05, 0.1) is 8.31 Å². The van der Waals surface area contributed by atoms with Crippen molar-refractivity contribution in [1.29, 1.82) is 0 Å². The molecule has 0 aromatic heterocycles. The monoisotopic (exact) mass is 836 g/mol. The van der Waals surface area contributed by atoms with Gasteiger partial charge in [-0.3, -0.25) is 0 Å². The predicted molar refractivity (Wildman–Crippen MR) is 145 cm³/mol. The lowest BCUT2D eigenvalue weighted by Gasteiger charge is -2.12. The zero-order valence-electron chi connectivity index (χ0n) is 20.6. The molecule has 34 heteroatoms. The van der Waals surface area contributed by atoms with E-state index in [-0.39, 0.29) is 0 Å². The van der Waals surface area contributed by atoms with Crippen molar-refractivity contribution < 1.29 is 71.4 Å². The molecule has 0 unspecified atom stereocenters. The molecule has 0 heterocycles. The number of rotatable bonds is 17. The summed E-state index contributed by atoms with van der Waals surface area (Å²) in [6, 6.07) is 0. The third kappa shape index (κ3) is 9.86. The van der Waals surface area contributed by atoms with Gasteiger partial charge < -0.3 is 71.4 Å². The molecule has 0 atom stereocenters. The molecule has 16 nitrogen and oxygen atoms in total. The highest BCUT2D eigenvalue weighted by atomic mass is 30.1. The number of hydrogen-bond donors (Lipinski definition) is 0. The maximum atomic E-state index is 13.0. The van der Waals surface area contributed by atoms with E-state index in [4.69, 9.17) is 0 Å². The molecule has 0 aliphatic heterocycles. The summed E-state index contributed by atoms with van der Waals surface area (Å²) < 4.78 is 197. The second-order valence-corrected chi connectivity index (χ2v) is 103. The van der Waals surface area contributed by atoms with Crippen LogP contribution in [0.3, 0.4) is 0 Å². The van der Waals surface area contributed by atoms with E-state index < -0.39 is 139 Å². The molecule has 39 heavy (non-hydrogen) atoms. The highest BCUT2D eigenvalue weighted by molar-refractivity contribution is 7.86. The van der Waals surface area contributed by atoms with Gasteiger partial charge in [-0.25, -0.2) is 0 Å². The smallest absolute Gasteiger partial charge is 0.381 e. The highest BCUT2D eigenvalue weighted by Gasteiger charge is 2.58. The number of hydrogen-bond acceptors (Lipinski definition) is 16. The molecule has 0 N–H and O–H groups in total. The van der Waals surface area contributed by atoms with Crippen LogP contribution in [0.25, 0.3) is 0 Å². The van der Waals surface area contributed by atoms with Crippen molar-refractivity contribution in [3.63, 3.8) is 0 Å². The fourth-order valence-corrected chi connectivity index (χ4v) is 218. The third-order valence-corrected chi connectivity index (χ3v) is 154. The summed E-state index contributed by atoms with van der Waals surface area (Å²) in [6.45, 7) is 6.06. The molecule has 0 aromatic carbocycles. The topological polar surface area (TPSA) is 273 Å². The molecule has 0 spiro atoms. The van der Waals surface area contributed by atoms with Gasteiger partial charge in [-0.05, 0) is 6.55 Å². The summed E-state index contributed by atoms with van der Waals surface area (Å²) in [5.41, 5.74) is 0. The van der Waals surface area contributed by atoms with Crippen molar-refractivity contribution in [2.45, 2.75) is 32.7 Å². The summed E-state index contributed by atoms with van der Waals surface area (Å²) in [5.74, 6) is 0. The highest BCUT2D eigenvalue weighted by Crippen LogP contribution is 2.05. The quantitative estimate of drug-likeness (QED) is 0.123. The Bertz CT molecular complexity index is 1400. The predicted octanol–water partition coefficient (Wildman–Crippen LogP) is -6.10. The van der Waals surface area contributed by atoms with E-state index in [0.29, 0.717) is 0 Å². The van der Waals surface area contributed by atoms with Gasteiger partial charge in [-0.2, -0.15) is 0 Å². The lowest BCUT2D eigenvalue weighted by atomic mass is 11.9. The van der Waals surface area contributed by atoms with Crippen molar-refractivity contribution in [2.24, 2.45) is 0 Å². The largest absolute Gasteiger partial charge is 0.389 e. The van der Waals surface area contributed by atoms with Crippen molar-refractivity contribution in [1.82, 2.24) is 0 Å². The Labute approximate surface area is 241 Å². The minimum Gasteiger partial charge on any atom is -0.389 e. The summed E-state index contributed by atoms with van der Waals surface area (Å²) in [7, 11) is -65.0. The van der Waals surface area contributed by atoms with Gasteiger partial charge in [0, 0.05) is 0 Å². The fraction of sp³-hybridized carbons (Fsp3) is 1.00. The normalized spacial score (nSPS) is 10.5. The Morgan fingerprint density at radius 2 is 0.615 bits per heavy atom. The van der Waals surface area contributed by atoms with Crippen molar-refractivity contribution in [3.8, 4) is 0 Å². The van der Waals surface area contributed by atoms with Gasteiger partial charge in [0.2, 0.25) is 0 Å². The molecular weight excluding hydrogens is 822 g/mol. The summed E-state index contributed by atoms with van der Waals surface area (Å²) in [5, 5.41) is 0. The van der Waals surface area contributed by atoms with Crippen LogP contribution in [-0.2, 0) is 71.4 Å². The molecule has 0 rings (SSSR count). The Hall–Kier alpha value is 0.704. The van der Waals surface area contributed by atoms with E-state index in [1.165, 1.54) is 13.1 Å². The molecule has 0 amide bonds. The average molecular weight is 838 g/mol. The Morgan fingerprint density at radius 1 is 0.385 bits per heavy atom. The molecule has 0 fully saturated rings. The first-order chi connectivity index (χ1) is 17.5. The Balaban J connectivity index is 5.85. The fourth-order valence-electron chi connectivity index (χ4n) is 2.24. The van der Waals surface area contributed by atoms with E-state index in [2.05, 4.69) is 0 Å². The van der Waals surface area contributed by atoms with Crippen molar-refractivity contribution >= 4 is 139 Å². The van der Waals surface area contributed by atoms with Gasteiger partial charge in [0.25, 0.3) is 0 Å². The lowest BCUT2D eigenvalue weighted by molar-refractivity contribution is 0.535. The first-order valence-corrected chi connectivity index (χ1v) is 56.4. The Morgan fingerprint density at radius 3 is 0.872 bits per heavy atom. The molecule has 0 aromatic rings. The van der Waals surface area contributed by atoms with Gasteiger partial charge in [0.15, 0.2) is 7.11 Å². The maximum absolute atomic E-state index is 13.0. The van der Waals surface area contributed by atoms with E-state index in [1.807, 2.05) is 0 Å². The van der Waals surface area contributed by atoms with Crippen LogP contribution >= 0.6 is 0 Å². The third-order valence-electron chi connectivity index (χ3n) is 4.68. The minimum atomic E-state index is -4.02. The molecule has 0 radical (unpaired) electrons. The maximum Gasteiger partial charge on any atom is 0.381 e. The van der Waals surface area contributed by atoms with Crippen LogP contribution in [-0.4, -0.2) is 139 Å². The molecule has 0 aliphatic carbocycles. The van der Waals surface area contributed by atoms with E-state index in [0.717, 1.165) is 19.6 Å². The minimum absolute atomic E-state index is 0.963. The van der Waals surface area contributed by atoms with Gasteiger partial charge >= 0.3 is 124 Å². The average Bonchev–Trinajstić information content (AvgIpc) is 2.90. The van der Waals surface area contributed by atoms with E-state index >= 15 is 0 Å². The van der Waals surface area contributed by atoms with Gasteiger partial charge in [-0.1, -0.05) is 26.2 Å². The van der Waals surface area contributed by atoms with Crippen LogP contribution < -0.4 is 0 Å². The molecular formula is C5H16O16Si18. The van der Waals surface area contributed by atoms with Crippen LogP contribution in [0.5, 0.6) is 0 Å². The van der Waals surface area contributed by atoms with Crippen LogP contribution in [0, 0.1) is 0 Å². The molecule has 0 aliphatic rings. The van der Waals surface area contributed by atoms with Crippen LogP contribution in [0.2, 0.25) is 32.7 Å². The summed E-state index contributed by atoms with van der Waals surface area (Å²) >= 11 is 0.